The zero-order valence-electron chi connectivity index (χ0n) is 13.8. The standard InChI is InChI=1S/C19H18N2O4/c1-2-22-16-11-14-17(19-18(16)23-9-10-24-19)15(7-8-21-14)25-13-5-3-12(20)4-6-13/h3-8,11H,2,9-10,20H2,1H3. The predicted molar refractivity (Wildman–Crippen MR) is 94.8 cm³/mol. The lowest BCUT2D eigenvalue weighted by Gasteiger charge is -2.23. The molecule has 4 rings (SSSR count). The molecule has 1 aromatic heterocycles. The molecule has 0 atom stereocenters. The highest BCUT2D eigenvalue weighted by Gasteiger charge is 2.24. The fourth-order valence-corrected chi connectivity index (χ4v) is 2.78. The van der Waals surface area contributed by atoms with Crippen molar-refractivity contribution < 1.29 is 18.9 Å². The molecule has 6 nitrogen and oxygen atoms in total. The van der Waals surface area contributed by atoms with E-state index >= 15 is 0 Å². The van der Waals surface area contributed by atoms with E-state index in [-0.39, 0.29) is 0 Å². The Labute approximate surface area is 145 Å². The summed E-state index contributed by atoms with van der Waals surface area (Å²) >= 11 is 0. The number of hydrogen-bond donors (Lipinski definition) is 1. The average Bonchev–Trinajstić information content (AvgIpc) is 2.64. The molecular weight excluding hydrogens is 320 g/mol. The van der Waals surface area contributed by atoms with Gasteiger partial charge in [0.2, 0.25) is 5.75 Å². The van der Waals surface area contributed by atoms with Crippen molar-refractivity contribution in [1.29, 1.82) is 0 Å². The highest BCUT2D eigenvalue weighted by atomic mass is 16.6. The fraction of sp³-hybridized carbons (Fsp3) is 0.211. The minimum atomic E-state index is 0.466. The molecule has 0 radical (unpaired) electrons. The number of hydrogen-bond acceptors (Lipinski definition) is 6. The van der Waals surface area contributed by atoms with Gasteiger partial charge in [0.15, 0.2) is 11.5 Å². The molecule has 0 amide bonds. The minimum absolute atomic E-state index is 0.466. The third kappa shape index (κ3) is 2.87. The van der Waals surface area contributed by atoms with Gasteiger partial charge in [-0.1, -0.05) is 0 Å². The summed E-state index contributed by atoms with van der Waals surface area (Å²) in [6, 6.07) is 10.9. The van der Waals surface area contributed by atoms with Gasteiger partial charge < -0.3 is 24.7 Å². The smallest absolute Gasteiger partial charge is 0.204 e. The number of benzene rings is 2. The van der Waals surface area contributed by atoms with Crippen LogP contribution in [0.3, 0.4) is 0 Å². The number of nitrogens with zero attached hydrogens (tertiary/aromatic N) is 1. The minimum Gasteiger partial charge on any atom is -0.490 e. The van der Waals surface area contributed by atoms with Crippen molar-refractivity contribution in [1.82, 2.24) is 4.98 Å². The number of fused-ring (bicyclic) bond motifs is 3. The van der Waals surface area contributed by atoms with Gasteiger partial charge in [0, 0.05) is 18.0 Å². The van der Waals surface area contributed by atoms with Crippen LogP contribution in [0, 0.1) is 0 Å². The Morgan fingerprint density at radius 1 is 1.04 bits per heavy atom. The Morgan fingerprint density at radius 3 is 2.56 bits per heavy atom. The third-order valence-corrected chi connectivity index (χ3v) is 3.85. The summed E-state index contributed by atoms with van der Waals surface area (Å²) in [5.74, 6) is 3.14. The van der Waals surface area contributed by atoms with Gasteiger partial charge in [-0.25, -0.2) is 0 Å². The molecule has 0 bridgehead atoms. The summed E-state index contributed by atoms with van der Waals surface area (Å²) < 4.78 is 23.4. The maximum absolute atomic E-state index is 6.04. The molecule has 2 aromatic carbocycles. The van der Waals surface area contributed by atoms with Crippen molar-refractivity contribution in [3.63, 3.8) is 0 Å². The van der Waals surface area contributed by atoms with Crippen LogP contribution in [0.15, 0.2) is 42.6 Å². The lowest BCUT2D eigenvalue weighted by Crippen LogP contribution is -2.16. The van der Waals surface area contributed by atoms with E-state index in [4.69, 9.17) is 24.7 Å². The van der Waals surface area contributed by atoms with Crippen molar-refractivity contribution in [2.75, 3.05) is 25.6 Å². The number of anilines is 1. The Bertz CT molecular complexity index is 909. The maximum atomic E-state index is 6.04. The van der Waals surface area contributed by atoms with Crippen LogP contribution in [0.1, 0.15) is 6.92 Å². The molecule has 128 valence electrons. The average molecular weight is 338 g/mol. The van der Waals surface area contributed by atoms with Gasteiger partial charge in [0.05, 0.1) is 17.5 Å². The molecule has 0 fully saturated rings. The van der Waals surface area contributed by atoms with E-state index in [0.29, 0.717) is 54.3 Å². The van der Waals surface area contributed by atoms with E-state index in [1.165, 1.54) is 0 Å². The number of ether oxygens (including phenoxy) is 4. The van der Waals surface area contributed by atoms with Gasteiger partial charge in [0.1, 0.15) is 24.7 Å². The van der Waals surface area contributed by atoms with Gasteiger partial charge in [-0.2, -0.15) is 0 Å². The maximum Gasteiger partial charge on any atom is 0.204 e. The van der Waals surface area contributed by atoms with E-state index in [9.17, 15) is 0 Å². The van der Waals surface area contributed by atoms with Crippen molar-refractivity contribution in [3.05, 3.63) is 42.6 Å². The van der Waals surface area contributed by atoms with Crippen molar-refractivity contribution >= 4 is 16.6 Å². The first-order valence-electron chi connectivity index (χ1n) is 8.13. The van der Waals surface area contributed by atoms with Crippen LogP contribution in [0.4, 0.5) is 5.69 Å². The molecular formula is C19H18N2O4. The van der Waals surface area contributed by atoms with E-state index < -0.39 is 0 Å². The van der Waals surface area contributed by atoms with Crippen LogP contribution in [0.2, 0.25) is 0 Å². The molecule has 2 N–H and O–H groups in total. The molecule has 1 aliphatic rings. The summed E-state index contributed by atoms with van der Waals surface area (Å²) in [7, 11) is 0. The summed E-state index contributed by atoms with van der Waals surface area (Å²) in [5, 5.41) is 0.762. The highest BCUT2D eigenvalue weighted by Crippen LogP contribution is 2.48. The number of aromatic nitrogens is 1. The second-order valence-corrected chi connectivity index (χ2v) is 5.54. The molecule has 0 spiro atoms. The first kappa shape index (κ1) is 15.4. The van der Waals surface area contributed by atoms with Crippen molar-refractivity contribution in [2.24, 2.45) is 0 Å². The molecule has 0 aliphatic carbocycles. The summed E-state index contributed by atoms with van der Waals surface area (Å²) in [5.41, 5.74) is 7.14. The Morgan fingerprint density at radius 2 is 1.80 bits per heavy atom. The highest BCUT2D eigenvalue weighted by molar-refractivity contribution is 5.95. The van der Waals surface area contributed by atoms with Crippen LogP contribution in [0.25, 0.3) is 10.9 Å². The van der Waals surface area contributed by atoms with E-state index in [1.807, 2.05) is 25.1 Å². The Hall–Kier alpha value is -3.15. The first-order valence-corrected chi connectivity index (χ1v) is 8.13. The number of nitrogen functional groups attached to an aromatic ring is 1. The topological polar surface area (TPSA) is 75.8 Å². The summed E-state index contributed by atoms with van der Waals surface area (Å²) in [6.07, 6.45) is 1.70. The predicted octanol–water partition coefficient (Wildman–Crippen LogP) is 3.78. The molecule has 0 saturated carbocycles. The van der Waals surface area contributed by atoms with Crippen molar-refractivity contribution in [3.8, 4) is 28.7 Å². The lowest BCUT2D eigenvalue weighted by molar-refractivity contribution is 0.165. The van der Waals surface area contributed by atoms with Gasteiger partial charge >= 0.3 is 0 Å². The summed E-state index contributed by atoms with van der Waals surface area (Å²) in [4.78, 5) is 4.43. The van der Waals surface area contributed by atoms with Gasteiger partial charge in [0.25, 0.3) is 0 Å². The molecule has 0 saturated heterocycles. The molecule has 6 heteroatoms. The monoisotopic (exact) mass is 338 g/mol. The normalized spacial score (nSPS) is 12.8. The summed E-state index contributed by atoms with van der Waals surface area (Å²) in [6.45, 7) is 3.40. The van der Waals surface area contributed by atoms with E-state index in [2.05, 4.69) is 4.98 Å². The fourth-order valence-electron chi connectivity index (χ4n) is 2.78. The molecule has 3 aromatic rings. The SMILES string of the molecule is CCOc1cc2nccc(Oc3ccc(N)cc3)c2c2c1OCCO2. The Kier molecular flexibility index (Phi) is 3.93. The second kappa shape index (κ2) is 6.39. The Balaban J connectivity index is 1.86. The van der Waals surface area contributed by atoms with Crippen LogP contribution < -0.4 is 24.7 Å². The third-order valence-electron chi connectivity index (χ3n) is 3.85. The number of nitrogens with two attached hydrogens (primary N) is 1. The van der Waals surface area contributed by atoms with E-state index in [1.54, 1.807) is 24.4 Å². The molecule has 25 heavy (non-hydrogen) atoms. The van der Waals surface area contributed by atoms with Crippen LogP contribution >= 0.6 is 0 Å². The second-order valence-electron chi connectivity index (χ2n) is 5.54. The largest absolute Gasteiger partial charge is 0.490 e. The van der Waals surface area contributed by atoms with Gasteiger partial charge in [-0.15, -0.1) is 0 Å². The van der Waals surface area contributed by atoms with Crippen molar-refractivity contribution in [2.45, 2.75) is 6.92 Å². The van der Waals surface area contributed by atoms with Gasteiger partial charge in [-0.05, 0) is 37.3 Å². The van der Waals surface area contributed by atoms with Crippen LogP contribution in [-0.4, -0.2) is 24.8 Å². The quantitative estimate of drug-likeness (QED) is 0.730. The number of pyridine rings is 1. The first-order chi connectivity index (χ1) is 12.3. The van der Waals surface area contributed by atoms with Crippen LogP contribution in [0.5, 0.6) is 28.7 Å². The zero-order valence-corrected chi connectivity index (χ0v) is 13.8. The van der Waals surface area contributed by atoms with E-state index in [0.717, 1.165) is 10.9 Å². The molecule has 2 heterocycles. The zero-order chi connectivity index (χ0) is 17.2. The lowest BCUT2D eigenvalue weighted by atomic mass is 10.1. The molecule has 0 unspecified atom stereocenters. The van der Waals surface area contributed by atoms with Gasteiger partial charge in [-0.3, -0.25) is 4.98 Å². The molecule has 1 aliphatic heterocycles. The number of rotatable bonds is 4. The van der Waals surface area contributed by atoms with Crippen LogP contribution in [-0.2, 0) is 0 Å².